The van der Waals surface area contributed by atoms with E-state index in [2.05, 4.69) is 11.9 Å². The van der Waals surface area contributed by atoms with E-state index in [4.69, 9.17) is 9.47 Å². The number of hydrogen-bond donors (Lipinski definition) is 1. The molecule has 25 heavy (non-hydrogen) atoms. The van der Waals surface area contributed by atoms with Crippen LogP contribution in [0, 0.1) is 0 Å². The van der Waals surface area contributed by atoms with Crippen molar-refractivity contribution in [3.8, 4) is 11.5 Å². The molecule has 0 aliphatic rings. The summed E-state index contributed by atoms with van der Waals surface area (Å²) in [6.45, 7) is 11.9. The Labute approximate surface area is 149 Å². The first kappa shape index (κ1) is 20.5. The molecule has 0 aliphatic heterocycles. The van der Waals surface area contributed by atoms with Gasteiger partial charge in [0.05, 0.1) is 13.7 Å². The van der Waals surface area contributed by atoms with Crippen molar-refractivity contribution in [2.75, 3.05) is 26.8 Å². The van der Waals surface area contributed by atoms with Crippen molar-refractivity contribution >= 4 is 11.8 Å². The Morgan fingerprint density at radius 1 is 1.28 bits per heavy atom. The normalized spacial score (nSPS) is 10.8. The third-order valence-corrected chi connectivity index (χ3v) is 3.29. The number of nitrogens with zero attached hydrogens (tertiary/aromatic N) is 1. The van der Waals surface area contributed by atoms with Gasteiger partial charge in [-0.1, -0.05) is 12.7 Å². The van der Waals surface area contributed by atoms with Crippen molar-refractivity contribution in [2.24, 2.45) is 0 Å². The monoisotopic (exact) mass is 348 g/mol. The maximum absolute atomic E-state index is 12.7. The van der Waals surface area contributed by atoms with Gasteiger partial charge in [0.15, 0.2) is 11.5 Å². The maximum atomic E-state index is 12.7. The van der Waals surface area contributed by atoms with Crippen LogP contribution in [0.3, 0.4) is 0 Å². The third kappa shape index (κ3) is 6.49. The Balaban J connectivity index is 2.91. The average molecular weight is 348 g/mol. The highest BCUT2D eigenvalue weighted by molar-refractivity contribution is 5.97. The lowest BCUT2D eigenvalue weighted by Gasteiger charge is -2.25. The topological polar surface area (TPSA) is 67.9 Å². The number of methoxy groups -OCH3 is 1. The van der Waals surface area contributed by atoms with E-state index in [-0.39, 0.29) is 23.9 Å². The van der Waals surface area contributed by atoms with E-state index < -0.39 is 0 Å². The quantitative estimate of drug-likeness (QED) is 0.734. The van der Waals surface area contributed by atoms with Crippen LogP contribution in [0.5, 0.6) is 11.5 Å². The van der Waals surface area contributed by atoms with E-state index in [0.717, 1.165) is 0 Å². The minimum Gasteiger partial charge on any atom is -0.493 e. The standard InChI is InChI=1S/C19H28N2O4/c1-7-11-25-15-10-9-14(12-16(15)24-6)18(23)21(8-2)13-17(22)20-19(3,4)5/h7,9-10,12H,1,8,11,13H2,2-6H3,(H,20,22). The number of benzene rings is 1. The molecule has 0 heterocycles. The maximum Gasteiger partial charge on any atom is 0.254 e. The Morgan fingerprint density at radius 3 is 2.48 bits per heavy atom. The average Bonchev–Trinajstić information content (AvgIpc) is 2.55. The second kappa shape index (κ2) is 9.11. The summed E-state index contributed by atoms with van der Waals surface area (Å²) in [5.74, 6) is 0.566. The molecule has 0 radical (unpaired) electrons. The summed E-state index contributed by atoms with van der Waals surface area (Å²) in [7, 11) is 1.51. The Bertz CT molecular complexity index is 620. The van der Waals surface area contributed by atoms with Crippen molar-refractivity contribution in [3.05, 3.63) is 36.4 Å². The predicted octanol–water partition coefficient (Wildman–Crippen LogP) is 2.64. The summed E-state index contributed by atoms with van der Waals surface area (Å²) in [4.78, 5) is 26.3. The van der Waals surface area contributed by atoms with Gasteiger partial charge in [0.1, 0.15) is 6.61 Å². The number of carbonyl (C=O) groups is 2. The first-order chi connectivity index (χ1) is 11.7. The summed E-state index contributed by atoms with van der Waals surface area (Å²) in [5, 5.41) is 2.86. The summed E-state index contributed by atoms with van der Waals surface area (Å²) in [6, 6.07) is 4.96. The molecule has 2 amide bonds. The summed E-state index contributed by atoms with van der Waals surface area (Å²) in [6.07, 6.45) is 1.63. The number of hydrogen-bond acceptors (Lipinski definition) is 4. The Hall–Kier alpha value is -2.50. The molecular formula is C19H28N2O4. The fourth-order valence-electron chi connectivity index (χ4n) is 2.21. The van der Waals surface area contributed by atoms with Gasteiger partial charge in [-0.15, -0.1) is 0 Å². The number of carbonyl (C=O) groups excluding carboxylic acids is 2. The molecule has 0 saturated carbocycles. The van der Waals surface area contributed by atoms with Crippen LogP contribution in [0.25, 0.3) is 0 Å². The predicted molar refractivity (Wildman–Crippen MR) is 98.2 cm³/mol. The minimum absolute atomic E-state index is 0.00361. The highest BCUT2D eigenvalue weighted by Gasteiger charge is 2.21. The number of likely N-dealkylation sites (N-methyl/N-ethyl adjacent to an activating group) is 1. The smallest absolute Gasteiger partial charge is 0.254 e. The van der Waals surface area contributed by atoms with E-state index in [9.17, 15) is 9.59 Å². The molecule has 0 fully saturated rings. The Morgan fingerprint density at radius 2 is 1.96 bits per heavy atom. The molecular weight excluding hydrogens is 320 g/mol. The fourth-order valence-corrected chi connectivity index (χ4v) is 2.21. The molecule has 1 N–H and O–H groups in total. The van der Waals surface area contributed by atoms with Crippen LogP contribution in [-0.2, 0) is 4.79 Å². The molecule has 0 aliphatic carbocycles. The zero-order valence-electron chi connectivity index (χ0n) is 15.7. The lowest BCUT2D eigenvalue weighted by atomic mass is 10.1. The van der Waals surface area contributed by atoms with E-state index in [0.29, 0.717) is 30.2 Å². The largest absolute Gasteiger partial charge is 0.493 e. The number of rotatable bonds is 8. The summed E-state index contributed by atoms with van der Waals surface area (Å²) in [5.41, 5.74) is 0.0978. The van der Waals surface area contributed by atoms with Crippen molar-refractivity contribution < 1.29 is 19.1 Å². The molecule has 0 bridgehead atoms. The van der Waals surface area contributed by atoms with Crippen LogP contribution in [-0.4, -0.2) is 49.1 Å². The second-order valence-corrected chi connectivity index (χ2v) is 6.58. The molecule has 6 nitrogen and oxygen atoms in total. The molecule has 0 spiro atoms. The van der Waals surface area contributed by atoms with Crippen molar-refractivity contribution in [1.82, 2.24) is 10.2 Å². The Kier molecular flexibility index (Phi) is 7.48. The lowest BCUT2D eigenvalue weighted by molar-refractivity contribution is -0.123. The van der Waals surface area contributed by atoms with E-state index in [1.807, 2.05) is 27.7 Å². The van der Waals surface area contributed by atoms with Gasteiger partial charge in [-0.25, -0.2) is 0 Å². The molecule has 138 valence electrons. The van der Waals surface area contributed by atoms with Gasteiger partial charge in [0.2, 0.25) is 5.91 Å². The van der Waals surface area contributed by atoms with Crippen LogP contribution >= 0.6 is 0 Å². The molecule has 0 atom stereocenters. The van der Waals surface area contributed by atoms with Crippen molar-refractivity contribution in [2.45, 2.75) is 33.2 Å². The third-order valence-electron chi connectivity index (χ3n) is 3.29. The van der Waals surface area contributed by atoms with Crippen LogP contribution < -0.4 is 14.8 Å². The van der Waals surface area contributed by atoms with E-state index in [1.54, 1.807) is 24.3 Å². The van der Waals surface area contributed by atoms with Crippen LogP contribution in [0.4, 0.5) is 0 Å². The summed E-state index contributed by atoms with van der Waals surface area (Å²) >= 11 is 0. The molecule has 0 unspecified atom stereocenters. The molecule has 1 aromatic rings. The highest BCUT2D eigenvalue weighted by Crippen LogP contribution is 2.28. The number of nitrogens with one attached hydrogen (secondary N) is 1. The minimum atomic E-state index is -0.340. The van der Waals surface area contributed by atoms with Crippen molar-refractivity contribution in [1.29, 1.82) is 0 Å². The van der Waals surface area contributed by atoms with Gasteiger partial charge in [0.25, 0.3) is 5.91 Å². The molecule has 0 saturated heterocycles. The van der Waals surface area contributed by atoms with Crippen LogP contribution in [0.15, 0.2) is 30.9 Å². The lowest BCUT2D eigenvalue weighted by Crippen LogP contribution is -2.47. The van der Waals surface area contributed by atoms with Gasteiger partial charge in [-0.2, -0.15) is 0 Å². The molecule has 1 rings (SSSR count). The first-order valence-corrected chi connectivity index (χ1v) is 8.23. The van der Waals surface area contributed by atoms with E-state index >= 15 is 0 Å². The molecule has 0 aromatic heterocycles. The zero-order valence-corrected chi connectivity index (χ0v) is 15.7. The first-order valence-electron chi connectivity index (χ1n) is 8.23. The van der Waals surface area contributed by atoms with E-state index in [1.165, 1.54) is 12.0 Å². The second-order valence-electron chi connectivity index (χ2n) is 6.58. The fraction of sp³-hybridized carbons (Fsp3) is 0.474. The van der Waals surface area contributed by atoms with Gasteiger partial charge in [0, 0.05) is 17.6 Å². The SMILES string of the molecule is C=CCOc1ccc(C(=O)N(CC)CC(=O)NC(C)(C)C)cc1OC. The van der Waals surface area contributed by atoms with Gasteiger partial charge < -0.3 is 19.7 Å². The molecule has 6 heteroatoms. The van der Waals surface area contributed by atoms with Crippen LogP contribution in [0.2, 0.25) is 0 Å². The zero-order chi connectivity index (χ0) is 19.0. The highest BCUT2D eigenvalue weighted by atomic mass is 16.5. The van der Waals surface area contributed by atoms with Gasteiger partial charge in [-0.3, -0.25) is 9.59 Å². The van der Waals surface area contributed by atoms with Gasteiger partial charge in [-0.05, 0) is 45.9 Å². The number of ether oxygens (including phenoxy) is 2. The molecule has 1 aromatic carbocycles. The van der Waals surface area contributed by atoms with Gasteiger partial charge >= 0.3 is 0 Å². The van der Waals surface area contributed by atoms with Crippen molar-refractivity contribution in [3.63, 3.8) is 0 Å². The summed E-state index contributed by atoms with van der Waals surface area (Å²) < 4.78 is 10.8. The number of amides is 2. The van der Waals surface area contributed by atoms with Crippen LogP contribution in [0.1, 0.15) is 38.1 Å².